The number of nitrogens with zero attached hydrogens (tertiary/aromatic N) is 3. The smallest absolute Gasteiger partial charge is 0.274 e. The Bertz CT molecular complexity index is 605. The maximum Gasteiger partial charge on any atom is 0.274 e. The van der Waals surface area contributed by atoms with Gasteiger partial charge in [-0.05, 0) is 42.2 Å². The number of hydrogen-bond donors (Lipinski definition) is 1. The van der Waals surface area contributed by atoms with Crippen molar-refractivity contribution in [2.75, 3.05) is 12.3 Å². The summed E-state index contributed by atoms with van der Waals surface area (Å²) in [7, 11) is 0. The fraction of sp³-hybridized carbons (Fsp3) is 0.429. The van der Waals surface area contributed by atoms with Gasteiger partial charge in [-0.3, -0.25) is 9.48 Å². The van der Waals surface area contributed by atoms with Gasteiger partial charge in [-0.2, -0.15) is 16.4 Å². The molecule has 0 bridgehead atoms. The molecule has 1 aliphatic rings. The highest BCUT2D eigenvalue weighted by molar-refractivity contribution is 7.07. The lowest BCUT2D eigenvalue weighted by atomic mass is 10.1. The van der Waals surface area contributed by atoms with Crippen LogP contribution in [0.25, 0.3) is 0 Å². The van der Waals surface area contributed by atoms with E-state index < -0.39 is 0 Å². The van der Waals surface area contributed by atoms with Crippen LogP contribution in [0.5, 0.6) is 0 Å². The summed E-state index contributed by atoms with van der Waals surface area (Å²) in [5, 5.41) is 8.34. The van der Waals surface area contributed by atoms with Gasteiger partial charge in [0.05, 0.1) is 17.9 Å². The Morgan fingerprint density at radius 1 is 1.60 bits per heavy atom. The van der Waals surface area contributed by atoms with Crippen molar-refractivity contribution < 1.29 is 4.79 Å². The van der Waals surface area contributed by atoms with Crippen LogP contribution in [0.2, 0.25) is 0 Å². The standard InChI is InChI=1S/C14H18N4OS/c1-2-18-13(11(15)8-16-18)14(19)17-6-3-4-12(17)10-5-7-20-9-10/h5,7-9,12H,2-4,6,15H2,1H3. The third-order valence-corrected chi connectivity index (χ3v) is 4.51. The number of likely N-dealkylation sites (tertiary alicyclic amines) is 1. The number of carbonyl (C=O) groups is 1. The molecule has 0 spiro atoms. The second-order valence-corrected chi connectivity index (χ2v) is 5.76. The SMILES string of the molecule is CCn1ncc(N)c1C(=O)N1CCCC1c1ccsc1. The van der Waals surface area contributed by atoms with Gasteiger partial charge in [0.15, 0.2) is 0 Å². The van der Waals surface area contributed by atoms with Crippen LogP contribution >= 0.6 is 11.3 Å². The Morgan fingerprint density at radius 2 is 2.45 bits per heavy atom. The van der Waals surface area contributed by atoms with Gasteiger partial charge in [-0.1, -0.05) is 0 Å². The van der Waals surface area contributed by atoms with Gasteiger partial charge in [0, 0.05) is 13.1 Å². The zero-order valence-electron chi connectivity index (χ0n) is 11.5. The van der Waals surface area contributed by atoms with E-state index in [4.69, 9.17) is 5.73 Å². The molecule has 5 nitrogen and oxygen atoms in total. The summed E-state index contributed by atoms with van der Waals surface area (Å²) in [6.07, 6.45) is 3.61. The van der Waals surface area contributed by atoms with Crippen LogP contribution in [-0.4, -0.2) is 27.1 Å². The van der Waals surface area contributed by atoms with Crippen LogP contribution in [0.15, 0.2) is 23.0 Å². The van der Waals surface area contributed by atoms with Gasteiger partial charge < -0.3 is 10.6 Å². The molecule has 6 heteroatoms. The first-order valence-corrected chi connectivity index (χ1v) is 7.81. The number of rotatable bonds is 3. The molecule has 1 unspecified atom stereocenters. The first kappa shape index (κ1) is 13.2. The number of carbonyl (C=O) groups excluding carboxylic acids is 1. The van der Waals surface area contributed by atoms with E-state index >= 15 is 0 Å². The summed E-state index contributed by atoms with van der Waals surface area (Å²) in [6.45, 7) is 3.40. The van der Waals surface area contributed by atoms with Crippen LogP contribution in [0, 0.1) is 0 Å². The average molecular weight is 290 g/mol. The highest BCUT2D eigenvalue weighted by Gasteiger charge is 2.33. The minimum atomic E-state index is -0.00412. The van der Waals surface area contributed by atoms with Crippen molar-refractivity contribution in [1.29, 1.82) is 0 Å². The maximum absolute atomic E-state index is 12.8. The molecule has 0 saturated carbocycles. The molecule has 3 rings (SSSR count). The van der Waals surface area contributed by atoms with Crippen LogP contribution in [0.4, 0.5) is 5.69 Å². The molecule has 0 radical (unpaired) electrons. The third kappa shape index (κ3) is 2.10. The summed E-state index contributed by atoms with van der Waals surface area (Å²) in [6, 6.07) is 2.27. The second-order valence-electron chi connectivity index (χ2n) is 4.98. The molecule has 1 amide bonds. The number of thiophene rings is 1. The molecular formula is C14H18N4OS. The number of nitrogens with two attached hydrogens (primary N) is 1. The van der Waals surface area contributed by atoms with Crippen LogP contribution < -0.4 is 5.73 Å². The number of hydrogen-bond acceptors (Lipinski definition) is 4. The summed E-state index contributed by atoms with van der Waals surface area (Å²) in [4.78, 5) is 14.7. The first-order valence-electron chi connectivity index (χ1n) is 6.86. The van der Waals surface area contributed by atoms with E-state index in [1.54, 1.807) is 22.2 Å². The minimum absolute atomic E-state index is 0.00412. The van der Waals surface area contributed by atoms with E-state index in [1.165, 1.54) is 5.56 Å². The third-order valence-electron chi connectivity index (χ3n) is 3.81. The van der Waals surface area contributed by atoms with Crippen molar-refractivity contribution in [2.24, 2.45) is 0 Å². The van der Waals surface area contributed by atoms with Crippen LogP contribution in [-0.2, 0) is 6.54 Å². The van der Waals surface area contributed by atoms with Gasteiger partial charge >= 0.3 is 0 Å². The van der Waals surface area contributed by atoms with E-state index in [2.05, 4.69) is 21.9 Å². The largest absolute Gasteiger partial charge is 0.396 e. The van der Waals surface area contributed by atoms with Gasteiger partial charge in [-0.25, -0.2) is 0 Å². The molecular weight excluding hydrogens is 272 g/mol. The van der Waals surface area contributed by atoms with Gasteiger partial charge in [-0.15, -0.1) is 0 Å². The van der Waals surface area contributed by atoms with Gasteiger partial charge in [0.1, 0.15) is 5.69 Å². The maximum atomic E-state index is 12.8. The minimum Gasteiger partial charge on any atom is -0.396 e. The predicted octanol–water partition coefficient (Wildman–Crippen LogP) is 2.52. The average Bonchev–Trinajstić information content (AvgIpc) is 3.17. The molecule has 2 N–H and O–H groups in total. The lowest BCUT2D eigenvalue weighted by molar-refractivity contribution is 0.0724. The van der Waals surface area contributed by atoms with Crippen LogP contribution in [0.3, 0.4) is 0 Å². The Hall–Kier alpha value is -1.82. The van der Waals surface area contributed by atoms with Crippen molar-refractivity contribution in [1.82, 2.24) is 14.7 Å². The molecule has 1 fully saturated rings. The quantitative estimate of drug-likeness (QED) is 0.944. The zero-order valence-corrected chi connectivity index (χ0v) is 12.3. The van der Waals surface area contributed by atoms with Gasteiger partial charge in [0.2, 0.25) is 0 Å². The van der Waals surface area contributed by atoms with Crippen molar-refractivity contribution in [2.45, 2.75) is 32.4 Å². The Balaban J connectivity index is 1.91. The van der Waals surface area contributed by atoms with Crippen molar-refractivity contribution in [3.63, 3.8) is 0 Å². The number of anilines is 1. The highest BCUT2D eigenvalue weighted by atomic mass is 32.1. The van der Waals surface area contributed by atoms with Crippen molar-refractivity contribution >= 4 is 22.9 Å². The summed E-state index contributed by atoms with van der Waals surface area (Å²) >= 11 is 1.67. The number of nitrogen functional groups attached to an aromatic ring is 1. The monoisotopic (exact) mass is 290 g/mol. The Labute approximate surface area is 122 Å². The van der Waals surface area contributed by atoms with Crippen molar-refractivity contribution in [3.05, 3.63) is 34.3 Å². The molecule has 1 saturated heterocycles. The number of aromatic nitrogens is 2. The Kier molecular flexibility index (Phi) is 3.48. The summed E-state index contributed by atoms with van der Waals surface area (Å²) in [5.74, 6) is -0.00412. The number of aryl methyl sites for hydroxylation is 1. The Morgan fingerprint density at radius 3 is 3.15 bits per heavy atom. The van der Waals surface area contributed by atoms with E-state index in [9.17, 15) is 4.79 Å². The lowest BCUT2D eigenvalue weighted by Crippen LogP contribution is -2.32. The normalized spacial score (nSPS) is 18.6. The van der Waals surface area contributed by atoms with E-state index in [0.717, 1.165) is 19.4 Å². The second kappa shape index (κ2) is 5.28. The zero-order chi connectivity index (χ0) is 14.1. The fourth-order valence-electron chi connectivity index (χ4n) is 2.83. The van der Waals surface area contributed by atoms with E-state index in [0.29, 0.717) is 17.9 Å². The van der Waals surface area contributed by atoms with Crippen molar-refractivity contribution in [3.8, 4) is 0 Å². The topological polar surface area (TPSA) is 64.2 Å². The molecule has 2 aromatic rings. The molecule has 2 aromatic heterocycles. The number of amides is 1. The molecule has 106 valence electrons. The summed E-state index contributed by atoms with van der Waals surface area (Å²) in [5.41, 5.74) is 8.13. The van der Waals surface area contributed by atoms with Crippen LogP contribution in [0.1, 0.15) is 41.9 Å². The first-order chi connectivity index (χ1) is 9.72. The summed E-state index contributed by atoms with van der Waals surface area (Å²) < 4.78 is 1.68. The molecule has 0 aliphatic carbocycles. The highest BCUT2D eigenvalue weighted by Crippen LogP contribution is 2.34. The van der Waals surface area contributed by atoms with Gasteiger partial charge in [0.25, 0.3) is 5.91 Å². The molecule has 20 heavy (non-hydrogen) atoms. The molecule has 1 atom stereocenters. The molecule has 1 aliphatic heterocycles. The van der Waals surface area contributed by atoms with E-state index in [-0.39, 0.29) is 11.9 Å². The molecule has 0 aromatic carbocycles. The van der Waals surface area contributed by atoms with E-state index in [1.807, 2.05) is 11.8 Å². The molecule has 3 heterocycles. The fourth-order valence-corrected chi connectivity index (χ4v) is 3.54. The predicted molar refractivity (Wildman–Crippen MR) is 79.6 cm³/mol. The lowest BCUT2D eigenvalue weighted by Gasteiger charge is -2.24.